The fourth-order valence-corrected chi connectivity index (χ4v) is 3.69. The molecule has 166 valence electrons. The van der Waals surface area contributed by atoms with Gasteiger partial charge in [0.05, 0.1) is 12.2 Å². The number of rotatable bonds is 8. The van der Waals surface area contributed by atoms with Crippen molar-refractivity contribution in [1.29, 1.82) is 0 Å². The molecule has 6 heteroatoms. The lowest BCUT2D eigenvalue weighted by Crippen LogP contribution is -2.24. The van der Waals surface area contributed by atoms with Gasteiger partial charge in [-0.3, -0.25) is 19.6 Å². The second-order valence-corrected chi connectivity index (χ2v) is 8.03. The van der Waals surface area contributed by atoms with Gasteiger partial charge in [-0.15, -0.1) is 0 Å². The van der Waals surface area contributed by atoms with Gasteiger partial charge in [0.25, 0.3) is 5.91 Å². The van der Waals surface area contributed by atoms with E-state index < -0.39 is 0 Å². The topological polar surface area (TPSA) is 84.0 Å². The Morgan fingerprint density at radius 2 is 1.97 bits per heavy atom. The van der Waals surface area contributed by atoms with Gasteiger partial charge in [-0.1, -0.05) is 36.4 Å². The lowest BCUT2D eigenvalue weighted by molar-refractivity contribution is -0.118. The molecule has 0 saturated heterocycles. The standard InChI is InChI=1S/C27H26N4O2/c1-3-19(26(32)30-17-23-6-4-5-12-29-23)8-7-18(2)24-15-25(24)27(33)31-22-10-9-21-16-28-13-11-20(21)14-22/h3-14,16,24-25H,2,15,17H2,1H3,(H,30,32)(H,31,33)/b8-7-,19-3+/t24-,25+/m1/s1. The SMILES string of the molecule is C=C(/C=C\C(=C/C)C(=O)NCc1ccccn1)[C@H]1C[C@@H]1C(=O)Nc1ccc2cnccc2c1. The summed E-state index contributed by atoms with van der Waals surface area (Å²) in [5.74, 6) is -0.214. The molecule has 1 fully saturated rings. The van der Waals surface area contributed by atoms with Crippen molar-refractivity contribution in [3.05, 3.63) is 103 Å². The number of fused-ring (bicyclic) bond motifs is 1. The first kappa shape index (κ1) is 22.1. The van der Waals surface area contributed by atoms with Gasteiger partial charge in [0, 0.05) is 41.2 Å². The lowest BCUT2D eigenvalue weighted by Gasteiger charge is -2.07. The van der Waals surface area contributed by atoms with Crippen LogP contribution in [-0.2, 0) is 16.1 Å². The molecule has 6 nitrogen and oxygen atoms in total. The Morgan fingerprint density at radius 1 is 1.09 bits per heavy atom. The molecule has 0 aliphatic heterocycles. The first-order valence-corrected chi connectivity index (χ1v) is 10.9. The highest BCUT2D eigenvalue weighted by atomic mass is 16.2. The van der Waals surface area contributed by atoms with Crippen LogP contribution in [0.5, 0.6) is 0 Å². The Labute approximate surface area is 193 Å². The third-order valence-corrected chi connectivity index (χ3v) is 5.72. The van der Waals surface area contributed by atoms with Crippen molar-refractivity contribution < 1.29 is 9.59 Å². The molecule has 3 aromatic rings. The number of benzene rings is 1. The molecular weight excluding hydrogens is 412 g/mol. The second kappa shape index (κ2) is 10.0. The zero-order valence-electron chi connectivity index (χ0n) is 18.5. The molecule has 2 atom stereocenters. The lowest BCUT2D eigenvalue weighted by atomic mass is 10.1. The van der Waals surface area contributed by atoms with E-state index in [2.05, 4.69) is 27.2 Å². The van der Waals surface area contributed by atoms with Gasteiger partial charge >= 0.3 is 0 Å². The van der Waals surface area contributed by atoms with Crippen LogP contribution in [-0.4, -0.2) is 21.8 Å². The van der Waals surface area contributed by atoms with Crippen LogP contribution in [0.3, 0.4) is 0 Å². The van der Waals surface area contributed by atoms with Gasteiger partial charge in [-0.25, -0.2) is 0 Å². The average Bonchev–Trinajstić information content (AvgIpc) is 3.65. The summed E-state index contributed by atoms with van der Waals surface area (Å²) in [6.45, 7) is 6.29. The number of carbonyl (C=O) groups is 2. The Bertz CT molecular complexity index is 1250. The smallest absolute Gasteiger partial charge is 0.251 e. The fraction of sp³-hybridized carbons (Fsp3) is 0.185. The predicted molar refractivity (Wildman–Crippen MR) is 130 cm³/mol. The molecule has 0 bridgehead atoms. The van der Waals surface area contributed by atoms with E-state index >= 15 is 0 Å². The van der Waals surface area contributed by atoms with E-state index in [0.717, 1.165) is 34.1 Å². The van der Waals surface area contributed by atoms with E-state index in [4.69, 9.17) is 0 Å². The number of anilines is 1. The maximum Gasteiger partial charge on any atom is 0.251 e. The van der Waals surface area contributed by atoms with Crippen molar-refractivity contribution in [2.24, 2.45) is 11.8 Å². The third kappa shape index (κ3) is 5.60. The van der Waals surface area contributed by atoms with E-state index in [9.17, 15) is 9.59 Å². The zero-order chi connectivity index (χ0) is 23.2. The van der Waals surface area contributed by atoms with Crippen molar-refractivity contribution in [3.63, 3.8) is 0 Å². The first-order valence-electron chi connectivity index (χ1n) is 10.9. The minimum absolute atomic E-state index is 0.0117. The Hall–Kier alpha value is -4.06. The maximum atomic E-state index is 12.7. The van der Waals surface area contributed by atoms with Gasteiger partial charge in [0.1, 0.15) is 0 Å². The molecule has 2 amide bonds. The first-order chi connectivity index (χ1) is 16.0. The minimum Gasteiger partial charge on any atom is -0.346 e. The highest BCUT2D eigenvalue weighted by Crippen LogP contribution is 2.44. The van der Waals surface area contributed by atoms with Gasteiger partial charge in [0.15, 0.2) is 0 Å². The molecule has 1 aliphatic rings. The van der Waals surface area contributed by atoms with E-state index in [1.165, 1.54) is 0 Å². The molecule has 2 heterocycles. The molecule has 2 N–H and O–H groups in total. The molecule has 4 rings (SSSR count). The van der Waals surface area contributed by atoms with Crippen molar-refractivity contribution in [3.8, 4) is 0 Å². The van der Waals surface area contributed by atoms with Gasteiger partial charge in [-0.05, 0) is 61.1 Å². The Kier molecular flexibility index (Phi) is 6.74. The van der Waals surface area contributed by atoms with Crippen LogP contribution in [0, 0.1) is 11.8 Å². The molecule has 0 unspecified atom stereocenters. The fourth-order valence-electron chi connectivity index (χ4n) is 3.69. The highest BCUT2D eigenvalue weighted by molar-refractivity contribution is 5.97. The number of allylic oxidation sites excluding steroid dienone is 3. The number of pyridine rings is 2. The zero-order valence-corrected chi connectivity index (χ0v) is 18.5. The second-order valence-electron chi connectivity index (χ2n) is 8.03. The summed E-state index contributed by atoms with van der Waals surface area (Å²) in [4.78, 5) is 33.4. The van der Waals surface area contributed by atoms with Gasteiger partial charge < -0.3 is 10.6 Å². The summed E-state index contributed by atoms with van der Waals surface area (Å²) in [5, 5.41) is 7.93. The molecule has 2 aromatic heterocycles. The molecule has 0 spiro atoms. The molecule has 0 radical (unpaired) electrons. The molecule has 1 aromatic carbocycles. The summed E-state index contributed by atoms with van der Waals surface area (Å²) in [6, 6.07) is 13.3. The van der Waals surface area contributed by atoms with Crippen LogP contribution in [0.2, 0.25) is 0 Å². The number of carbonyl (C=O) groups excluding carboxylic acids is 2. The third-order valence-electron chi connectivity index (χ3n) is 5.72. The average molecular weight is 439 g/mol. The van der Waals surface area contributed by atoms with E-state index in [1.54, 1.807) is 30.7 Å². The number of hydrogen-bond acceptors (Lipinski definition) is 4. The molecule has 1 saturated carbocycles. The quantitative estimate of drug-likeness (QED) is 0.398. The number of aromatic nitrogens is 2. The summed E-state index contributed by atoms with van der Waals surface area (Å²) < 4.78 is 0. The van der Waals surface area contributed by atoms with Crippen LogP contribution in [0.15, 0.2) is 97.0 Å². The Balaban J connectivity index is 1.29. The molecule has 33 heavy (non-hydrogen) atoms. The number of nitrogens with one attached hydrogen (secondary N) is 2. The summed E-state index contributed by atoms with van der Waals surface area (Å²) >= 11 is 0. The van der Waals surface area contributed by atoms with Crippen LogP contribution in [0.1, 0.15) is 19.0 Å². The Morgan fingerprint density at radius 3 is 2.76 bits per heavy atom. The normalized spacial score (nSPS) is 17.7. The highest BCUT2D eigenvalue weighted by Gasteiger charge is 2.43. The van der Waals surface area contributed by atoms with Crippen LogP contribution in [0.25, 0.3) is 10.8 Å². The monoisotopic (exact) mass is 438 g/mol. The van der Waals surface area contributed by atoms with E-state index in [0.29, 0.717) is 12.1 Å². The van der Waals surface area contributed by atoms with Gasteiger partial charge in [-0.2, -0.15) is 0 Å². The maximum absolute atomic E-state index is 12.7. The van der Waals surface area contributed by atoms with Crippen LogP contribution >= 0.6 is 0 Å². The summed E-state index contributed by atoms with van der Waals surface area (Å²) in [7, 11) is 0. The van der Waals surface area contributed by atoms with Crippen molar-refractivity contribution in [2.45, 2.75) is 19.9 Å². The van der Waals surface area contributed by atoms with Gasteiger partial charge in [0.2, 0.25) is 5.91 Å². The number of amides is 2. The van der Waals surface area contributed by atoms with Crippen molar-refractivity contribution in [1.82, 2.24) is 15.3 Å². The summed E-state index contributed by atoms with van der Waals surface area (Å²) in [6.07, 6.45) is 11.3. The minimum atomic E-state index is -0.177. The van der Waals surface area contributed by atoms with Crippen molar-refractivity contribution >= 4 is 28.3 Å². The van der Waals surface area contributed by atoms with Crippen LogP contribution in [0.4, 0.5) is 5.69 Å². The van der Waals surface area contributed by atoms with E-state index in [-0.39, 0.29) is 23.7 Å². The molecular formula is C27H26N4O2. The van der Waals surface area contributed by atoms with Crippen molar-refractivity contribution in [2.75, 3.05) is 5.32 Å². The molecule has 1 aliphatic carbocycles. The predicted octanol–water partition coefficient (Wildman–Crippen LogP) is 4.58. The summed E-state index contributed by atoms with van der Waals surface area (Å²) in [5.41, 5.74) is 2.95. The van der Waals surface area contributed by atoms with Crippen LogP contribution < -0.4 is 10.6 Å². The van der Waals surface area contributed by atoms with E-state index in [1.807, 2.05) is 55.5 Å². The number of hydrogen-bond donors (Lipinski definition) is 2. The number of nitrogens with zero attached hydrogens (tertiary/aromatic N) is 2. The largest absolute Gasteiger partial charge is 0.346 e.